The summed E-state index contributed by atoms with van der Waals surface area (Å²) in [6, 6.07) is 0.500. The second-order valence-corrected chi connectivity index (χ2v) is 6.45. The number of hydrogen-bond acceptors (Lipinski definition) is 5. The van der Waals surface area contributed by atoms with Crippen LogP contribution >= 0.6 is 0 Å². The number of hydrogen-bond donors (Lipinski definition) is 2. The van der Waals surface area contributed by atoms with Crippen molar-refractivity contribution in [3.05, 3.63) is 0 Å². The molecule has 1 rings (SSSR count). The zero-order valence-electron chi connectivity index (χ0n) is 13.7. The average Bonchev–Trinajstić information content (AvgIpc) is 2.88. The lowest BCUT2D eigenvalue weighted by molar-refractivity contribution is -0.138. The van der Waals surface area contributed by atoms with Gasteiger partial charge in [0.1, 0.15) is 17.7 Å². The molecule has 1 saturated heterocycles. The predicted octanol–water partition coefficient (Wildman–Crippen LogP) is 1.26. The smallest absolute Gasteiger partial charge is 0.408 e. The number of amides is 2. The van der Waals surface area contributed by atoms with Gasteiger partial charge in [-0.2, -0.15) is 5.26 Å². The van der Waals surface area contributed by atoms with Crippen LogP contribution in [0.4, 0.5) is 4.79 Å². The second-order valence-electron chi connectivity index (χ2n) is 6.45. The van der Waals surface area contributed by atoms with Crippen molar-refractivity contribution in [1.29, 1.82) is 5.26 Å². The summed E-state index contributed by atoms with van der Waals surface area (Å²) in [5, 5.41) is 20.3. The first kappa shape index (κ1) is 18.7. The number of carbonyl (C=O) groups excluding carboxylic acids is 2. The van der Waals surface area contributed by atoms with Gasteiger partial charge < -0.3 is 20.1 Å². The maximum absolute atomic E-state index is 12.5. The molecule has 2 N–H and O–H groups in total. The molecule has 128 valence electrons. The number of nitrogens with one attached hydrogen (secondary N) is 1. The zero-order valence-corrected chi connectivity index (χ0v) is 13.7. The van der Waals surface area contributed by atoms with Crippen molar-refractivity contribution in [1.82, 2.24) is 10.2 Å². The van der Waals surface area contributed by atoms with Crippen molar-refractivity contribution in [2.75, 3.05) is 6.54 Å². The molecule has 0 saturated carbocycles. The van der Waals surface area contributed by atoms with Gasteiger partial charge in [-0.15, -0.1) is 0 Å². The summed E-state index contributed by atoms with van der Waals surface area (Å²) in [5.41, 5.74) is -0.729. The van der Waals surface area contributed by atoms with Gasteiger partial charge in [-0.3, -0.25) is 9.59 Å². The fourth-order valence-corrected chi connectivity index (χ4v) is 2.34. The average molecular weight is 325 g/mol. The highest BCUT2D eigenvalue weighted by Gasteiger charge is 2.34. The highest BCUT2D eigenvalue weighted by atomic mass is 16.6. The first-order valence-corrected chi connectivity index (χ1v) is 7.55. The first-order valence-electron chi connectivity index (χ1n) is 7.55. The van der Waals surface area contributed by atoms with Gasteiger partial charge >= 0.3 is 12.1 Å². The maximum Gasteiger partial charge on any atom is 0.408 e. The minimum atomic E-state index is -1.06. The molecule has 1 aliphatic heterocycles. The van der Waals surface area contributed by atoms with E-state index in [0.717, 1.165) is 0 Å². The molecule has 0 aromatic heterocycles. The van der Waals surface area contributed by atoms with Crippen molar-refractivity contribution in [3.8, 4) is 6.07 Å². The fraction of sp³-hybridized carbons (Fsp3) is 0.733. The van der Waals surface area contributed by atoms with Crippen molar-refractivity contribution in [2.24, 2.45) is 0 Å². The Morgan fingerprint density at radius 3 is 2.61 bits per heavy atom. The number of rotatable bonds is 5. The number of nitriles is 1. The molecule has 0 bridgehead atoms. The van der Waals surface area contributed by atoms with Crippen LogP contribution in [0, 0.1) is 11.3 Å². The van der Waals surface area contributed by atoms with E-state index in [1.165, 1.54) is 4.90 Å². The molecule has 8 nitrogen and oxygen atoms in total. The standard InChI is InChI=1S/C15H23N3O5/c1-15(2,3)23-14(22)17-11(6-7-12(19)20)13(21)18-8-4-5-10(18)9-16/h10-11H,4-8H2,1-3H3,(H,17,22)(H,19,20)/t10-,11-/m0/s1. The van der Waals surface area contributed by atoms with Crippen molar-refractivity contribution < 1.29 is 24.2 Å². The van der Waals surface area contributed by atoms with Crippen LogP contribution in [0.2, 0.25) is 0 Å². The Morgan fingerprint density at radius 2 is 2.09 bits per heavy atom. The Hall–Kier alpha value is -2.30. The van der Waals surface area contributed by atoms with E-state index >= 15 is 0 Å². The van der Waals surface area contributed by atoms with Crippen molar-refractivity contribution in [2.45, 2.75) is 64.1 Å². The number of nitrogens with zero attached hydrogens (tertiary/aromatic N) is 2. The molecule has 2 amide bonds. The van der Waals surface area contributed by atoms with Crippen LogP contribution in [0.15, 0.2) is 0 Å². The number of carboxylic acids is 1. The van der Waals surface area contributed by atoms with Gasteiger partial charge in [0.25, 0.3) is 0 Å². The van der Waals surface area contributed by atoms with E-state index < -0.39 is 35.7 Å². The van der Waals surface area contributed by atoms with Crippen LogP contribution < -0.4 is 5.32 Å². The molecule has 0 aromatic rings. The topological polar surface area (TPSA) is 120 Å². The molecule has 23 heavy (non-hydrogen) atoms. The monoisotopic (exact) mass is 325 g/mol. The molecule has 0 radical (unpaired) electrons. The van der Waals surface area contributed by atoms with Gasteiger partial charge in [-0.05, 0) is 40.0 Å². The molecule has 1 aliphatic rings. The SMILES string of the molecule is CC(C)(C)OC(=O)N[C@@H](CCC(=O)O)C(=O)N1CCC[C@H]1C#N. The van der Waals surface area contributed by atoms with Gasteiger partial charge in [-0.25, -0.2) is 4.79 Å². The molecule has 0 spiro atoms. The van der Waals surface area contributed by atoms with Gasteiger partial charge in [0, 0.05) is 13.0 Å². The number of likely N-dealkylation sites (tertiary alicyclic amines) is 1. The molecule has 2 atom stereocenters. The van der Waals surface area contributed by atoms with Gasteiger partial charge in [0.15, 0.2) is 0 Å². The maximum atomic E-state index is 12.5. The number of alkyl carbamates (subject to hydrolysis) is 1. The van der Waals surface area contributed by atoms with Gasteiger partial charge in [0.05, 0.1) is 6.07 Å². The minimum Gasteiger partial charge on any atom is -0.481 e. The second kappa shape index (κ2) is 7.81. The number of carboxylic acid groups (broad SMARTS) is 1. The van der Waals surface area contributed by atoms with E-state index in [0.29, 0.717) is 19.4 Å². The Bertz CT molecular complexity index is 506. The van der Waals surface area contributed by atoms with E-state index in [2.05, 4.69) is 11.4 Å². The molecule has 1 heterocycles. The zero-order chi connectivity index (χ0) is 17.6. The van der Waals surface area contributed by atoms with Crippen LogP contribution in [0.3, 0.4) is 0 Å². The Balaban J connectivity index is 2.79. The Kier molecular flexibility index (Phi) is 6.37. The summed E-state index contributed by atoms with van der Waals surface area (Å²) < 4.78 is 5.11. The van der Waals surface area contributed by atoms with Crippen LogP contribution in [0.5, 0.6) is 0 Å². The fourth-order valence-electron chi connectivity index (χ4n) is 2.34. The summed E-state index contributed by atoms with van der Waals surface area (Å²) >= 11 is 0. The lowest BCUT2D eigenvalue weighted by Gasteiger charge is -2.27. The van der Waals surface area contributed by atoms with Crippen molar-refractivity contribution in [3.63, 3.8) is 0 Å². The summed E-state index contributed by atoms with van der Waals surface area (Å²) in [6.07, 6.45) is 0.191. The van der Waals surface area contributed by atoms with E-state index in [9.17, 15) is 14.4 Å². The van der Waals surface area contributed by atoms with E-state index in [-0.39, 0.29) is 12.8 Å². The molecule has 1 fully saturated rings. The Morgan fingerprint density at radius 1 is 1.43 bits per heavy atom. The van der Waals surface area contributed by atoms with Crippen LogP contribution in [0.25, 0.3) is 0 Å². The van der Waals surface area contributed by atoms with E-state index in [4.69, 9.17) is 15.1 Å². The highest BCUT2D eigenvalue weighted by Crippen LogP contribution is 2.19. The number of aliphatic carboxylic acids is 1. The molecule has 0 aromatic carbocycles. The summed E-state index contributed by atoms with van der Waals surface area (Å²) in [7, 11) is 0. The highest BCUT2D eigenvalue weighted by molar-refractivity contribution is 5.87. The molecular weight excluding hydrogens is 302 g/mol. The van der Waals surface area contributed by atoms with Gasteiger partial charge in [-0.1, -0.05) is 0 Å². The summed E-state index contributed by atoms with van der Waals surface area (Å²) in [5.74, 6) is -1.51. The minimum absolute atomic E-state index is 0.0535. The first-order chi connectivity index (χ1) is 10.6. The van der Waals surface area contributed by atoms with E-state index in [1.807, 2.05) is 0 Å². The Labute approximate surface area is 135 Å². The third kappa shape index (κ3) is 6.14. The normalized spacial score (nSPS) is 18.9. The van der Waals surface area contributed by atoms with Crippen LogP contribution in [-0.2, 0) is 14.3 Å². The largest absolute Gasteiger partial charge is 0.481 e. The summed E-state index contributed by atoms with van der Waals surface area (Å²) in [6.45, 7) is 5.49. The van der Waals surface area contributed by atoms with Gasteiger partial charge in [0.2, 0.25) is 5.91 Å². The quantitative estimate of drug-likeness (QED) is 0.785. The number of carbonyl (C=O) groups is 3. The predicted molar refractivity (Wildman–Crippen MR) is 80.4 cm³/mol. The third-order valence-corrected chi connectivity index (χ3v) is 3.32. The van der Waals surface area contributed by atoms with Crippen LogP contribution in [0.1, 0.15) is 46.5 Å². The molecule has 0 unspecified atom stereocenters. The number of ether oxygens (including phenoxy) is 1. The lowest BCUT2D eigenvalue weighted by atomic mass is 10.1. The molecule has 0 aliphatic carbocycles. The summed E-state index contributed by atoms with van der Waals surface area (Å²) in [4.78, 5) is 36.6. The van der Waals surface area contributed by atoms with Crippen molar-refractivity contribution >= 4 is 18.0 Å². The lowest BCUT2D eigenvalue weighted by Crippen LogP contribution is -2.51. The molecular formula is C15H23N3O5. The van der Waals surface area contributed by atoms with Crippen LogP contribution in [-0.4, -0.2) is 52.2 Å². The van der Waals surface area contributed by atoms with E-state index in [1.54, 1.807) is 20.8 Å². The third-order valence-electron chi connectivity index (χ3n) is 3.32. The molecule has 8 heteroatoms.